The van der Waals surface area contributed by atoms with Crippen molar-refractivity contribution in [3.05, 3.63) is 145 Å². The van der Waals surface area contributed by atoms with Gasteiger partial charge in [0.2, 0.25) is 0 Å². The highest BCUT2D eigenvalue weighted by Crippen LogP contribution is 2.41. The van der Waals surface area contributed by atoms with Gasteiger partial charge in [-0.15, -0.1) is 11.3 Å². The van der Waals surface area contributed by atoms with Crippen LogP contribution in [0.5, 0.6) is 0 Å². The van der Waals surface area contributed by atoms with E-state index in [-0.39, 0.29) is 0 Å². The number of thiophene rings is 1. The lowest BCUT2D eigenvalue weighted by molar-refractivity contribution is 1.40. The molecule has 0 aliphatic heterocycles. The Morgan fingerprint density at radius 2 is 0.949 bits per heavy atom. The summed E-state index contributed by atoms with van der Waals surface area (Å²) in [6.45, 7) is 4.43. The third kappa shape index (κ3) is 4.16. The van der Waals surface area contributed by atoms with Crippen molar-refractivity contribution in [1.29, 1.82) is 0 Å². The average molecular weight is 517 g/mol. The summed E-state index contributed by atoms with van der Waals surface area (Å²) in [5.74, 6) is 0. The molecule has 0 nitrogen and oxygen atoms in total. The van der Waals surface area contributed by atoms with Gasteiger partial charge >= 0.3 is 0 Å². The standard InChI is InChI=1S/C38H28S/c1-25-11-3-4-16-31(25)33-19-9-18-32(26(33)2)29-14-7-12-27(23-29)28-13-8-15-30(24-28)34-20-10-21-36-35-17-5-6-22-37(35)39-38(34)36/h3-24H,1-2H3. The highest BCUT2D eigenvalue weighted by molar-refractivity contribution is 7.26. The summed E-state index contributed by atoms with van der Waals surface area (Å²) in [5.41, 5.74) is 12.8. The van der Waals surface area contributed by atoms with Crippen molar-refractivity contribution in [3.63, 3.8) is 0 Å². The quantitative estimate of drug-likeness (QED) is 0.218. The lowest BCUT2D eigenvalue weighted by Gasteiger charge is -2.15. The smallest absolute Gasteiger partial charge is 0.0433 e. The number of hydrogen-bond acceptors (Lipinski definition) is 1. The van der Waals surface area contributed by atoms with E-state index < -0.39 is 0 Å². The van der Waals surface area contributed by atoms with Crippen LogP contribution in [0.3, 0.4) is 0 Å². The van der Waals surface area contributed by atoms with E-state index in [0.717, 1.165) is 0 Å². The van der Waals surface area contributed by atoms with E-state index in [0.29, 0.717) is 0 Å². The van der Waals surface area contributed by atoms with Gasteiger partial charge in [-0.2, -0.15) is 0 Å². The minimum absolute atomic E-state index is 1.23. The van der Waals surface area contributed by atoms with Crippen LogP contribution in [0.2, 0.25) is 0 Å². The Morgan fingerprint density at radius 3 is 1.74 bits per heavy atom. The Labute approximate surface area is 233 Å². The average Bonchev–Trinajstić information content (AvgIpc) is 3.37. The second kappa shape index (κ2) is 9.69. The Morgan fingerprint density at radius 1 is 0.410 bits per heavy atom. The third-order valence-electron chi connectivity index (χ3n) is 7.85. The van der Waals surface area contributed by atoms with Crippen molar-refractivity contribution in [2.45, 2.75) is 13.8 Å². The fourth-order valence-corrected chi connectivity index (χ4v) is 7.06. The SMILES string of the molecule is Cc1ccccc1-c1cccc(-c2cccc(-c3cccc(-c4cccc5c4sc4ccccc45)c3)c2)c1C. The van der Waals surface area contributed by atoms with Crippen molar-refractivity contribution < 1.29 is 0 Å². The molecule has 1 heteroatoms. The van der Waals surface area contributed by atoms with E-state index in [9.17, 15) is 0 Å². The fourth-order valence-electron chi connectivity index (χ4n) is 5.82. The van der Waals surface area contributed by atoms with Crippen molar-refractivity contribution in [1.82, 2.24) is 0 Å². The molecule has 0 fully saturated rings. The van der Waals surface area contributed by atoms with Gasteiger partial charge in [0.05, 0.1) is 0 Å². The lowest BCUT2D eigenvalue weighted by Crippen LogP contribution is -1.91. The van der Waals surface area contributed by atoms with Crippen molar-refractivity contribution in [2.24, 2.45) is 0 Å². The van der Waals surface area contributed by atoms with Gasteiger partial charge in [-0.05, 0) is 87.7 Å². The highest BCUT2D eigenvalue weighted by atomic mass is 32.1. The van der Waals surface area contributed by atoms with Crippen LogP contribution in [0.4, 0.5) is 0 Å². The second-order valence-corrected chi connectivity index (χ2v) is 11.3. The molecule has 0 unspecified atom stereocenters. The number of aryl methyl sites for hydroxylation is 1. The van der Waals surface area contributed by atoms with Crippen LogP contribution >= 0.6 is 11.3 Å². The summed E-state index contributed by atoms with van der Waals surface area (Å²) < 4.78 is 2.69. The van der Waals surface area contributed by atoms with Gasteiger partial charge in [-0.1, -0.05) is 115 Å². The van der Waals surface area contributed by atoms with Crippen molar-refractivity contribution in [3.8, 4) is 44.5 Å². The third-order valence-corrected chi connectivity index (χ3v) is 9.07. The summed E-state index contributed by atoms with van der Waals surface area (Å²) in [6.07, 6.45) is 0. The summed E-state index contributed by atoms with van der Waals surface area (Å²) in [5, 5.41) is 2.68. The van der Waals surface area contributed by atoms with Crippen LogP contribution in [0, 0.1) is 13.8 Å². The molecule has 0 bridgehead atoms. The van der Waals surface area contributed by atoms with Gasteiger partial charge in [0.15, 0.2) is 0 Å². The van der Waals surface area contributed by atoms with E-state index >= 15 is 0 Å². The molecule has 0 saturated carbocycles. The molecular weight excluding hydrogens is 488 g/mol. The molecule has 0 amide bonds. The highest BCUT2D eigenvalue weighted by Gasteiger charge is 2.13. The topological polar surface area (TPSA) is 0 Å². The molecule has 186 valence electrons. The van der Waals surface area contributed by atoms with Gasteiger partial charge in [-0.3, -0.25) is 0 Å². The Balaban J connectivity index is 1.31. The molecule has 7 aromatic rings. The molecule has 0 radical (unpaired) electrons. The first-order valence-electron chi connectivity index (χ1n) is 13.4. The van der Waals surface area contributed by atoms with E-state index in [1.165, 1.54) is 75.8 Å². The first-order valence-corrected chi connectivity index (χ1v) is 14.3. The zero-order chi connectivity index (χ0) is 26.3. The molecule has 0 aliphatic rings. The summed E-state index contributed by atoms with van der Waals surface area (Å²) in [4.78, 5) is 0. The minimum Gasteiger partial charge on any atom is -0.135 e. The summed E-state index contributed by atoms with van der Waals surface area (Å²) in [6, 6.07) is 48.7. The molecular formula is C38H28S. The lowest BCUT2D eigenvalue weighted by atomic mass is 9.90. The Bertz CT molecular complexity index is 1990. The van der Waals surface area contributed by atoms with Gasteiger partial charge in [0.1, 0.15) is 0 Å². The van der Waals surface area contributed by atoms with Gasteiger partial charge < -0.3 is 0 Å². The van der Waals surface area contributed by atoms with E-state index in [2.05, 4.69) is 147 Å². The van der Waals surface area contributed by atoms with Gasteiger partial charge in [0.25, 0.3) is 0 Å². The maximum atomic E-state index is 2.34. The molecule has 0 aliphatic carbocycles. The number of fused-ring (bicyclic) bond motifs is 3. The van der Waals surface area contributed by atoms with Crippen LogP contribution < -0.4 is 0 Å². The maximum absolute atomic E-state index is 2.34. The summed E-state index contributed by atoms with van der Waals surface area (Å²) >= 11 is 1.89. The van der Waals surface area contributed by atoms with E-state index in [1.54, 1.807) is 0 Å². The molecule has 6 aromatic carbocycles. The monoisotopic (exact) mass is 516 g/mol. The first-order chi connectivity index (χ1) is 19.2. The van der Waals surface area contributed by atoms with Crippen molar-refractivity contribution >= 4 is 31.5 Å². The van der Waals surface area contributed by atoms with Crippen LogP contribution in [0.1, 0.15) is 11.1 Å². The first kappa shape index (κ1) is 23.6. The maximum Gasteiger partial charge on any atom is 0.0433 e. The van der Waals surface area contributed by atoms with Gasteiger partial charge in [0, 0.05) is 20.2 Å². The van der Waals surface area contributed by atoms with E-state index in [1.807, 2.05) is 11.3 Å². The van der Waals surface area contributed by atoms with Crippen LogP contribution in [-0.2, 0) is 0 Å². The number of rotatable bonds is 4. The molecule has 1 aromatic heterocycles. The Kier molecular flexibility index (Phi) is 5.87. The molecule has 0 atom stereocenters. The van der Waals surface area contributed by atoms with Crippen LogP contribution in [0.25, 0.3) is 64.7 Å². The fraction of sp³-hybridized carbons (Fsp3) is 0.0526. The molecule has 39 heavy (non-hydrogen) atoms. The van der Waals surface area contributed by atoms with Crippen LogP contribution in [0.15, 0.2) is 133 Å². The molecule has 7 rings (SSSR count). The number of hydrogen-bond donors (Lipinski definition) is 0. The minimum atomic E-state index is 1.23. The zero-order valence-electron chi connectivity index (χ0n) is 22.1. The normalized spacial score (nSPS) is 11.3. The number of benzene rings is 6. The molecule has 0 saturated heterocycles. The Hall–Kier alpha value is -4.46. The van der Waals surface area contributed by atoms with Gasteiger partial charge in [-0.25, -0.2) is 0 Å². The van der Waals surface area contributed by atoms with Crippen molar-refractivity contribution in [2.75, 3.05) is 0 Å². The second-order valence-electron chi connectivity index (χ2n) is 10.2. The van der Waals surface area contributed by atoms with Crippen LogP contribution in [-0.4, -0.2) is 0 Å². The zero-order valence-corrected chi connectivity index (χ0v) is 22.9. The predicted molar refractivity (Wildman–Crippen MR) is 171 cm³/mol. The summed E-state index contributed by atoms with van der Waals surface area (Å²) in [7, 11) is 0. The van der Waals surface area contributed by atoms with E-state index in [4.69, 9.17) is 0 Å². The molecule has 0 N–H and O–H groups in total. The predicted octanol–water partition coefficient (Wildman–Crippen LogP) is 11.3. The molecule has 1 heterocycles. The molecule has 0 spiro atoms. The largest absolute Gasteiger partial charge is 0.135 e.